The van der Waals surface area contributed by atoms with Gasteiger partial charge in [0.25, 0.3) is 0 Å². The molecule has 10 heteroatoms. The number of fused-ring (bicyclic) bond motifs is 1. The van der Waals surface area contributed by atoms with Crippen LogP contribution in [0.2, 0.25) is 0 Å². The lowest BCUT2D eigenvalue weighted by Gasteiger charge is -2.16. The second kappa shape index (κ2) is 7.46. The predicted octanol–water partition coefficient (Wildman–Crippen LogP) is 1.10. The van der Waals surface area contributed by atoms with Crippen LogP contribution in [0.15, 0.2) is 18.7 Å². The SMILES string of the molecule is CCCCCn1cc(-c2nc(N)c3ncn(C4OC(C)[C@H](O)[C@@H]4O)c3n2)cn1. The lowest BCUT2D eigenvalue weighted by atomic mass is 10.1. The van der Waals surface area contributed by atoms with Crippen molar-refractivity contribution in [3.8, 4) is 11.4 Å². The molecule has 4 N–H and O–H groups in total. The molecule has 1 aliphatic rings. The molecule has 150 valence electrons. The fourth-order valence-corrected chi connectivity index (χ4v) is 3.44. The molecular formula is C18H25N7O3. The topological polar surface area (TPSA) is 137 Å². The molecular weight excluding hydrogens is 362 g/mol. The van der Waals surface area contributed by atoms with E-state index in [1.54, 1.807) is 17.7 Å². The monoisotopic (exact) mass is 387 g/mol. The maximum absolute atomic E-state index is 10.3. The molecule has 0 bridgehead atoms. The first-order chi connectivity index (χ1) is 13.5. The van der Waals surface area contributed by atoms with Crippen LogP contribution in [-0.2, 0) is 11.3 Å². The highest BCUT2D eigenvalue weighted by atomic mass is 16.6. The predicted molar refractivity (Wildman–Crippen MR) is 102 cm³/mol. The van der Waals surface area contributed by atoms with E-state index >= 15 is 0 Å². The molecule has 1 saturated heterocycles. The zero-order valence-electron chi connectivity index (χ0n) is 15.9. The third kappa shape index (κ3) is 3.23. The normalized spacial score (nSPS) is 25.0. The summed E-state index contributed by atoms with van der Waals surface area (Å²) >= 11 is 0. The first-order valence-electron chi connectivity index (χ1n) is 9.54. The number of nitrogen functional groups attached to an aromatic ring is 1. The van der Waals surface area contributed by atoms with Crippen LogP contribution in [0, 0.1) is 0 Å². The van der Waals surface area contributed by atoms with Crippen LogP contribution in [0.5, 0.6) is 0 Å². The number of nitrogens with zero attached hydrogens (tertiary/aromatic N) is 6. The van der Waals surface area contributed by atoms with E-state index in [2.05, 4.69) is 27.0 Å². The Kier molecular flexibility index (Phi) is 5.00. The van der Waals surface area contributed by atoms with E-state index in [0.717, 1.165) is 31.4 Å². The zero-order chi connectivity index (χ0) is 19.8. The van der Waals surface area contributed by atoms with Gasteiger partial charge in [0.15, 0.2) is 23.5 Å². The summed E-state index contributed by atoms with van der Waals surface area (Å²) in [6.07, 6.45) is 5.08. The Labute approximate surface area is 162 Å². The molecule has 0 amide bonds. The molecule has 0 aromatic carbocycles. The number of anilines is 1. The van der Waals surface area contributed by atoms with Crippen LogP contribution in [0.3, 0.4) is 0 Å². The summed E-state index contributed by atoms with van der Waals surface area (Å²) in [7, 11) is 0. The Balaban J connectivity index is 1.68. The summed E-state index contributed by atoms with van der Waals surface area (Å²) in [4.78, 5) is 13.2. The van der Waals surface area contributed by atoms with E-state index in [9.17, 15) is 10.2 Å². The third-order valence-electron chi connectivity index (χ3n) is 5.08. The number of hydrogen-bond acceptors (Lipinski definition) is 8. The van der Waals surface area contributed by atoms with Crippen molar-refractivity contribution in [1.82, 2.24) is 29.3 Å². The Morgan fingerprint density at radius 2 is 2.04 bits per heavy atom. The molecule has 3 aromatic heterocycles. The van der Waals surface area contributed by atoms with Crippen LogP contribution < -0.4 is 5.73 Å². The van der Waals surface area contributed by atoms with Gasteiger partial charge in [-0.3, -0.25) is 9.25 Å². The van der Waals surface area contributed by atoms with Gasteiger partial charge in [0.05, 0.1) is 24.2 Å². The van der Waals surface area contributed by atoms with E-state index in [-0.39, 0.29) is 5.82 Å². The van der Waals surface area contributed by atoms with Gasteiger partial charge in [-0.2, -0.15) is 5.10 Å². The number of nitrogens with two attached hydrogens (primary N) is 1. The standard InChI is InChI=1S/C18H25N7O3/c1-3-4-5-6-24-8-11(7-21-24)16-22-15(19)12-17(23-16)25(9-20-12)18-14(27)13(26)10(2)28-18/h7-10,13-14,18,26-27H,3-6H2,1-2H3,(H2,19,22,23)/t10?,13-,14-,18?/m0/s1. The van der Waals surface area contributed by atoms with E-state index in [1.165, 1.54) is 6.33 Å². The quantitative estimate of drug-likeness (QED) is 0.535. The number of ether oxygens (including phenoxy) is 1. The highest BCUT2D eigenvalue weighted by Gasteiger charge is 2.42. The van der Waals surface area contributed by atoms with Gasteiger partial charge in [0, 0.05) is 12.7 Å². The van der Waals surface area contributed by atoms with Crippen LogP contribution >= 0.6 is 0 Å². The molecule has 3 aromatic rings. The third-order valence-corrected chi connectivity index (χ3v) is 5.08. The summed E-state index contributed by atoms with van der Waals surface area (Å²) < 4.78 is 9.14. The number of unbranched alkanes of at least 4 members (excludes halogenated alkanes) is 2. The van der Waals surface area contributed by atoms with Crippen molar-refractivity contribution >= 4 is 17.0 Å². The average Bonchev–Trinajstić information content (AvgIpc) is 3.37. The fourth-order valence-electron chi connectivity index (χ4n) is 3.44. The summed E-state index contributed by atoms with van der Waals surface area (Å²) in [5, 5.41) is 24.7. The maximum atomic E-state index is 10.3. The molecule has 0 aliphatic carbocycles. The largest absolute Gasteiger partial charge is 0.388 e. The van der Waals surface area contributed by atoms with Crippen molar-refractivity contribution in [1.29, 1.82) is 0 Å². The first-order valence-corrected chi connectivity index (χ1v) is 9.54. The molecule has 1 aliphatic heterocycles. The summed E-state index contributed by atoms with van der Waals surface area (Å²) in [5.74, 6) is 0.660. The van der Waals surface area contributed by atoms with Crippen LogP contribution in [0.4, 0.5) is 5.82 Å². The molecule has 0 radical (unpaired) electrons. The van der Waals surface area contributed by atoms with E-state index in [1.807, 2.05) is 10.9 Å². The summed E-state index contributed by atoms with van der Waals surface area (Å²) in [5.41, 5.74) is 7.70. The number of aliphatic hydroxyl groups is 2. The van der Waals surface area contributed by atoms with Crippen molar-refractivity contribution in [2.45, 2.75) is 64.2 Å². The number of rotatable bonds is 6. The highest BCUT2D eigenvalue weighted by Crippen LogP contribution is 2.32. The first kappa shape index (κ1) is 18.8. The van der Waals surface area contributed by atoms with Crippen molar-refractivity contribution in [2.75, 3.05) is 5.73 Å². The number of hydrogen-bond donors (Lipinski definition) is 3. The molecule has 0 saturated carbocycles. The van der Waals surface area contributed by atoms with Gasteiger partial charge in [0.2, 0.25) is 0 Å². The molecule has 0 spiro atoms. The van der Waals surface area contributed by atoms with Gasteiger partial charge in [-0.05, 0) is 13.3 Å². The summed E-state index contributed by atoms with van der Waals surface area (Å²) in [6, 6.07) is 0. The van der Waals surface area contributed by atoms with Crippen molar-refractivity contribution in [3.63, 3.8) is 0 Å². The number of imidazole rings is 1. The summed E-state index contributed by atoms with van der Waals surface area (Å²) in [6.45, 7) is 4.70. The van der Waals surface area contributed by atoms with Gasteiger partial charge >= 0.3 is 0 Å². The molecule has 1 fully saturated rings. The number of aryl methyl sites for hydroxylation is 1. The molecule has 28 heavy (non-hydrogen) atoms. The second-order valence-electron chi connectivity index (χ2n) is 7.17. The Bertz CT molecular complexity index is 969. The van der Waals surface area contributed by atoms with E-state index in [0.29, 0.717) is 17.0 Å². The minimum Gasteiger partial charge on any atom is -0.388 e. The molecule has 4 heterocycles. The van der Waals surface area contributed by atoms with Gasteiger partial charge in [-0.1, -0.05) is 19.8 Å². The molecule has 4 rings (SSSR count). The van der Waals surface area contributed by atoms with Crippen molar-refractivity contribution in [2.24, 2.45) is 0 Å². The average molecular weight is 387 g/mol. The van der Waals surface area contributed by atoms with Gasteiger partial charge in [-0.25, -0.2) is 15.0 Å². The van der Waals surface area contributed by atoms with Crippen molar-refractivity contribution < 1.29 is 14.9 Å². The van der Waals surface area contributed by atoms with E-state index in [4.69, 9.17) is 10.5 Å². The highest BCUT2D eigenvalue weighted by molar-refractivity contribution is 5.83. The Morgan fingerprint density at radius 3 is 2.75 bits per heavy atom. The van der Waals surface area contributed by atoms with Gasteiger partial charge in [-0.15, -0.1) is 0 Å². The lowest BCUT2D eigenvalue weighted by molar-refractivity contribution is -0.0299. The smallest absolute Gasteiger partial charge is 0.168 e. The molecule has 4 atom stereocenters. The van der Waals surface area contributed by atoms with Gasteiger partial charge < -0.3 is 20.7 Å². The number of aliphatic hydroxyl groups excluding tert-OH is 2. The Morgan fingerprint density at radius 1 is 1.21 bits per heavy atom. The second-order valence-corrected chi connectivity index (χ2v) is 7.17. The minimum atomic E-state index is -1.09. The van der Waals surface area contributed by atoms with E-state index < -0.39 is 24.5 Å². The number of aromatic nitrogens is 6. The maximum Gasteiger partial charge on any atom is 0.168 e. The molecule has 2 unspecified atom stereocenters. The minimum absolute atomic E-state index is 0.235. The van der Waals surface area contributed by atoms with Crippen LogP contribution in [-0.4, -0.2) is 57.8 Å². The van der Waals surface area contributed by atoms with Crippen molar-refractivity contribution in [3.05, 3.63) is 18.7 Å². The molecule has 10 nitrogen and oxygen atoms in total. The van der Waals surface area contributed by atoms with Crippen LogP contribution in [0.1, 0.15) is 39.3 Å². The van der Waals surface area contributed by atoms with Crippen LogP contribution in [0.25, 0.3) is 22.6 Å². The lowest BCUT2D eigenvalue weighted by Crippen LogP contribution is -2.30. The Hall–Kier alpha value is -2.56. The fraction of sp³-hybridized carbons (Fsp3) is 0.556. The zero-order valence-corrected chi connectivity index (χ0v) is 15.9. The van der Waals surface area contributed by atoms with Gasteiger partial charge in [0.1, 0.15) is 17.7 Å².